The largest absolute Gasteiger partial charge is 0.368 e. The zero-order chi connectivity index (χ0) is 21.7. The molecule has 0 spiro atoms. The molecule has 2 aliphatic rings. The van der Waals surface area contributed by atoms with Gasteiger partial charge in [0.05, 0.1) is 11.4 Å². The van der Waals surface area contributed by atoms with Crippen molar-refractivity contribution in [2.24, 2.45) is 0 Å². The smallest absolute Gasteiger partial charge is 0.155 e. The maximum absolute atomic E-state index is 16.1. The predicted octanol–water partition coefficient (Wildman–Crippen LogP) is 5.24. The maximum Gasteiger partial charge on any atom is 0.155 e. The Morgan fingerprint density at radius 2 is 1.83 bits per heavy atom. The molecule has 3 nitrogen and oxygen atoms in total. The molecule has 0 aliphatic carbocycles. The van der Waals surface area contributed by atoms with Crippen molar-refractivity contribution in [1.29, 1.82) is 0 Å². The van der Waals surface area contributed by atoms with Crippen LogP contribution in [0.4, 0.5) is 14.5 Å². The molecule has 2 heterocycles. The molecule has 5 heteroatoms. The molecule has 0 radical (unpaired) electrons. The molecule has 1 atom stereocenters. The number of anilines is 1. The number of rotatable bonds is 2. The molecule has 2 aromatic carbocycles. The van der Waals surface area contributed by atoms with Gasteiger partial charge in [0.15, 0.2) is 5.82 Å². The molecule has 1 saturated heterocycles. The van der Waals surface area contributed by atoms with Gasteiger partial charge in [0.1, 0.15) is 5.82 Å². The molecule has 1 N–H and O–H groups in total. The highest BCUT2D eigenvalue weighted by Gasteiger charge is 2.33. The van der Waals surface area contributed by atoms with Gasteiger partial charge in [-0.3, -0.25) is 0 Å². The highest BCUT2D eigenvalue weighted by atomic mass is 19.1. The van der Waals surface area contributed by atoms with Crippen LogP contribution in [0.15, 0.2) is 42.1 Å². The average Bonchev–Trinajstić information content (AvgIpc) is 2.68. The molecule has 2 aliphatic heterocycles. The number of fused-ring (bicyclic) bond motifs is 1. The number of benzene rings is 2. The third kappa shape index (κ3) is 3.12. The Bertz CT molecular complexity index is 1050. The topological polar surface area (TPSA) is 18.5 Å². The van der Waals surface area contributed by atoms with Gasteiger partial charge in [-0.1, -0.05) is 18.7 Å². The Labute approximate surface area is 177 Å². The maximum atomic E-state index is 16.1. The van der Waals surface area contributed by atoms with Crippen LogP contribution >= 0.6 is 0 Å². The van der Waals surface area contributed by atoms with E-state index in [4.69, 9.17) is 0 Å². The fourth-order valence-corrected chi connectivity index (χ4v) is 4.80. The Balaban J connectivity index is 1.98. The number of hydrogen-bond acceptors (Lipinski definition) is 3. The van der Waals surface area contributed by atoms with Gasteiger partial charge in [0, 0.05) is 55.1 Å². The van der Waals surface area contributed by atoms with E-state index in [2.05, 4.69) is 23.7 Å². The van der Waals surface area contributed by atoms with Crippen molar-refractivity contribution in [2.45, 2.75) is 33.7 Å². The number of halogens is 2. The summed E-state index contributed by atoms with van der Waals surface area (Å²) in [4.78, 5) is 4.12. The van der Waals surface area contributed by atoms with Crippen LogP contribution in [0.25, 0.3) is 16.8 Å². The molecule has 1 unspecified atom stereocenters. The highest BCUT2D eigenvalue weighted by molar-refractivity contribution is 5.90. The lowest BCUT2D eigenvalue weighted by molar-refractivity contribution is 0.288. The monoisotopic (exact) mass is 409 g/mol. The summed E-state index contributed by atoms with van der Waals surface area (Å²) >= 11 is 0. The second-order valence-electron chi connectivity index (χ2n) is 8.49. The molecule has 158 valence electrons. The van der Waals surface area contributed by atoms with E-state index in [1.807, 2.05) is 40.0 Å². The minimum Gasteiger partial charge on any atom is -0.368 e. The summed E-state index contributed by atoms with van der Waals surface area (Å²) in [6.45, 7) is 14.7. The van der Waals surface area contributed by atoms with E-state index < -0.39 is 11.6 Å². The molecule has 0 saturated carbocycles. The zero-order valence-electron chi connectivity index (χ0n) is 18.4. The van der Waals surface area contributed by atoms with Crippen LogP contribution in [0.2, 0.25) is 0 Å². The van der Waals surface area contributed by atoms with E-state index in [1.165, 1.54) is 6.07 Å². The van der Waals surface area contributed by atoms with Crippen LogP contribution in [0.1, 0.15) is 30.5 Å². The third-order valence-electron chi connectivity index (χ3n) is 6.38. The van der Waals surface area contributed by atoms with Crippen LogP contribution in [0, 0.1) is 25.5 Å². The van der Waals surface area contributed by atoms with Crippen molar-refractivity contribution in [3.63, 3.8) is 0 Å². The first kappa shape index (κ1) is 20.6. The Kier molecular flexibility index (Phi) is 5.18. The minimum absolute atomic E-state index is 0.330. The molecule has 0 bridgehead atoms. The second-order valence-corrected chi connectivity index (χ2v) is 8.49. The van der Waals surface area contributed by atoms with Crippen molar-refractivity contribution in [3.8, 4) is 11.1 Å². The van der Waals surface area contributed by atoms with Crippen molar-refractivity contribution in [2.75, 3.05) is 31.6 Å². The fourth-order valence-electron chi connectivity index (χ4n) is 4.80. The summed E-state index contributed by atoms with van der Waals surface area (Å²) in [5, 5.41) is 3.46. The summed E-state index contributed by atoms with van der Waals surface area (Å²) in [5.41, 5.74) is 6.27. The lowest BCUT2D eigenvalue weighted by atomic mass is 9.88. The van der Waals surface area contributed by atoms with Gasteiger partial charge in [0.2, 0.25) is 0 Å². The first-order valence-corrected chi connectivity index (χ1v) is 10.4. The summed E-state index contributed by atoms with van der Waals surface area (Å²) in [5.74, 6) is -0.799. The summed E-state index contributed by atoms with van der Waals surface area (Å²) in [7, 11) is 1.83. The van der Waals surface area contributed by atoms with Crippen LogP contribution < -0.4 is 10.2 Å². The van der Waals surface area contributed by atoms with Gasteiger partial charge in [-0.2, -0.15) is 0 Å². The van der Waals surface area contributed by atoms with E-state index in [0.717, 1.165) is 53.3 Å². The molecule has 30 heavy (non-hydrogen) atoms. The molecule has 2 aromatic rings. The average molecular weight is 410 g/mol. The second kappa shape index (κ2) is 7.55. The van der Waals surface area contributed by atoms with Gasteiger partial charge < -0.3 is 15.1 Å². The lowest BCUT2D eigenvalue weighted by Crippen LogP contribution is -2.49. The Hall–Kier alpha value is -2.66. The number of likely N-dealkylation sites (N-methyl/N-ethyl adjacent to an activating group) is 1. The van der Waals surface area contributed by atoms with E-state index in [1.54, 1.807) is 11.0 Å². The van der Waals surface area contributed by atoms with E-state index in [9.17, 15) is 4.39 Å². The molecule has 0 amide bonds. The van der Waals surface area contributed by atoms with E-state index >= 15 is 4.39 Å². The van der Waals surface area contributed by atoms with Crippen molar-refractivity contribution >= 4 is 11.4 Å². The third-order valence-corrected chi connectivity index (χ3v) is 6.38. The van der Waals surface area contributed by atoms with Crippen molar-refractivity contribution in [3.05, 3.63) is 70.4 Å². The van der Waals surface area contributed by atoms with Gasteiger partial charge in [0.25, 0.3) is 0 Å². The summed E-state index contributed by atoms with van der Waals surface area (Å²) < 4.78 is 30.9. The lowest BCUT2D eigenvalue weighted by Gasteiger charge is -2.41. The standard InChI is InChI=1S/C25H29F2N3/c1-14-8-7-9-20(26)21(14)22-15(2)12-19-24(30-11-10-28-16(3)13-30)17(4)18(5)29(6)25(19)23(22)27/h7-9,12,16,28H,5,10-11,13H2,1-4,6H3. The van der Waals surface area contributed by atoms with E-state index in [0.29, 0.717) is 22.9 Å². The molecule has 0 aromatic heterocycles. The molecule has 4 rings (SSSR count). The number of hydrogen-bond donors (Lipinski definition) is 1. The number of nitrogens with one attached hydrogen (secondary N) is 1. The fraction of sp³-hybridized carbons (Fsp3) is 0.360. The Morgan fingerprint density at radius 3 is 2.50 bits per heavy atom. The van der Waals surface area contributed by atoms with Gasteiger partial charge in [-0.15, -0.1) is 0 Å². The first-order valence-electron chi connectivity index (χ1n) is 10.4. The van der Waals surface area contributed by atoms with Crippen LogP contribution in [-0.4, -0.2) is 37.6 Å². The van der Waals surface area contributed by atoms with Crippen LogP contribution in [0.3, 0.4) is 0 Å². The van der Waals surface area contributed by atoms with Crippen LogP contribution in [-0.2, 0) is 0 Å². The number of piperazine rings is 1. The minimum atomic E-state index is -0.405. The van der Waals surface area contributed by atoms with Crippen LogP contribution in [0.5, 0.6) is 0 Å². The van der Waals surface area contributed by atoms with Gasteiger partial charge in [-0.25, -0.2) is 8.78 Å². The molecule has 1 fully saturated rings. The van der Waals surface area contributed by atoms with E-state index in [-0.39, 0.29) is 0 Å². The van der Waals surface area contributed by atoms with Crippen molar-refractivity contribution in [1.82, 2.24) is 10.2 Å². The predicted molar refractivity (Wildman–Crippen MR) is 120 cm³/mol. The summed E-state index contributed by atoms with van der Waals surface area (Å²) in [6.07, 6.45) is 0. The van der Waals surface area contributed by atoms with Gasteiger partial charge in [-0.05, 0) is 56.5 Å². The first-order chi connectivity index (χ1) is 14.2. The molecular weight excluding hydrogens is 380 g/mol. The number of nitrogens with zero attached hydrogens (tertiary/aromatic N) is 2. The SMILES string of the molecule is C=C1C(C)=C(N2CCNC(C)C2)c2cc(C)c(-c3c(C)cccc3F)c(F)c2N1C. The van der Waals surface area contributed by atoms with Crippen molar-refractivity contribution < 1.29 is 8.78 Å². The zero-order valence-corrected chi connectivity index (χ0v) is 18.4. The normalized spacial score (nSPS) is 19.4. The highest BCUT2D eigenvalue weighted by Crippen LogP contribution is 2.46. The molecular formula is C25H29F2N3. The summed E-state index contributed by atoms with van der Waals surface area (Å²) in [6, 6.07) is 7.22. The van der Waals surface area contributed by atoms with Gasteiger partial charge >= 0.3 is 0 Å². The number of allylic oxidation sites excluding steroid dienone is 1. The Morgan fingerprint density at radius 1 is 1.10 bits per heavy atom. The quantitative estimate of drug-likeness (QED) is 0.732. The number of aryl methyl sites for hydroxylation is 2.